The molecule has 0 heterocycles. The summed E-state index contributed by atoms with van der Waals surface area (Å²) < 4.78 is 0. The summed E-state index contributed by atoms with van der Waals surface area (Å²) in [6, 6.07) is 0. The van der Waals surface area contributed by atoms with Crippen LogP contribution in [-0.4, -0.2) is 35.4 Å². The van der Waals surface area contributed by atoms with E-state index >= 15 is 0 Å². The molecule has 0 aliphatic carbocycles. The Labute approximate surface area is 331 Å². The van der Waals surface area contributed by atoms with Crippen LogP contribution in [-0.2, 0) is 9.59 Å². The van der Waals surface area contributed by atoms with Crippen LogP contribution in [0.3, 0.4) is 0 Å². The average Bonchev–Trinajstić information content (AvgIpc) is 3.01. The number of unbranched alkanes of at least 4 members (excludes halogenated alkanes) is 28. The second-order valence-electron chi connectivity index (χ2n) is 12.6. The largest absolute Gasteiger partial charge is 1.00 e. The van der Waals surface area contributed by atoms with Gasteiger partial charge in [-0.15, -0.1) is 0 Å². The van der Waals surface area contributed by atoms with E-state index in [0.717, 1.165) is 25.7 Å². The molecule has 0 aromatic carbocycles. The van der Waals surface area contributed by atoms with Gasteiger partial charge in [-0.1, -0.05) is 194 Å². The van der Waals surface area contributed by atoms with Crippen molar-refractivity contribution < 1.29 is 89.1 Å². The van der Waals surface area contributed by atoms with Crippen molar-refractivity contribution in [2.75, 3.05) is 13.2 Å². The smallest absolute Gasteiger partial charge is 0.550 e. The van der Waals surface area contributed by atoms with Crippen molar-refractivity contribution in [1.82, 2.24) is 0 Å². The summed E-state index contributed by atoms with van der Waals surface area (Å²) in [6.45, 7) is 4.28. The Balaban J connectivity index is -0.000000210. The number of hydrogen-bond donors (Lipinski definition) is 2. The summed E-state index contributed by atoms with van der Waals surface area (Å²) in [6.07, 6.45) is 39.7. The third-order valence-corrected chi connectivity index (χ3v) is 8.07. The Kier molecular flexibility index (Phi) is 67.6. The normalized spacial score (nSPS) is 10.1. The molecule has 0 amide bonds. The van der Waals surface area contributed by atoms with Crippen LogP contribution in [0.15, 0.2) is 0 Å². The van der Waals surface area contributed by atoms with Crippen molar-refractivity contribution in [2.45, 2.75) is 219 Å². The van der Waals surface area contributed by atoms with Crippen molar-refractivity contribution in [3.05, 3.63) is 0 Å². The van der Waals surface area contributed by atoms with Gasteiger partial charge in [0, 0.05) is 11.9 Å². The molecular weight excluding hydrogens is 598 g/mol. The van der Waals surface area contributed by atoms with Crippen LogP contribution >= 0.6 is 0 Å². The predicted molar refractivity (Wildman–Crippen MR) is 183 cm³/mol. The molecule has 0 atom stereocenters. The molecule has 266 valence electrons. The van der Waals surface area contributed by atoms with E-state index in [2.05, 4.69) is 13.8 Å². The number of aliphatic hydroxyl groups excluding tert-OH is 2. The Morgan fingerprint density at radius 3 is 0.630 bits per heavy atom. The zero-order valence-electron chi connectivity index (χ0n) is 31.6. The summed E-state index contributed by atoms with van der Waals surface area (Å²) >= 11 is 0. The predicted octanol–water partition coefficient (Wildman–Crippen LogP) is 2.97. The maximum Gasteiger partial charge on any atom is 1.00 e. The summed E-state index contributed by atoms with van der Waals surface area (Å²) in [5.41, 5.74) is 0. The second kappa shape index (κ2) is 55.3. The zero-order chi connectivity index (χ0) is 33.2. The van der Waals surface area contributed by atoms with E-state index in [-0.39, 0.29) is 85.2 Å². The molecule has 46 heavy (non-hydrogen) atoms. The summed E-state index contributed by atoms with van der Waals surface area (Å²) in [5, 5.41) is 35.7. The van der Waals surface area contributed by atoms with E-state index in [1.165, 1.54) is 167 Å². The van der Waals surface area contributed by atoms with Crippen LogP contribution in [0.5, 0.6) is 0 Å². The topological polar surface area (TPSA) is 121 Å². The van der Waals surface area contributed by atoms with Gasteiger partial charge in [-0.2, -0.15) is 0 Å². The number of hydrogen-bond acceptors (Lipinski definition) is 6. The number of carboxylic acid groups (broad SMARTS) is 2. The van der Waals surface area contributed by atoms with Crippen molar-refractivity contribution >= 4 is 11.9 Å². The first-order valence-corrected chi connectivity index (χ1v) is 19.1. The molecule has 0 aliphatic heterocycles. The van der Waals surface area contributed by atoms with Gasteiger partial charge in [-0.3, -0.25) is 0 Å². The molecule has 0 saturated carbocycles. The Morgan fingerprint density at radius 1 is 0.348 bits per heavy atom. The molecule has 0 radical (unpaired) electrons. The SMILES string of the molecule is CCCCCCCCCCCCCCCCCC(=O)[O-].CCCCCCCCCCCCCCCCCC(=O)[O-].OCCO.[Na+].[Na+]. The minimum Gasteiger partial charge on any atom is -0.550 e. The van der Waals surface area contributed by atoms with Gasteiger partial charge >= 0.3 is 59.1 Å². The molecular formula is C38H76Na2O6. The average molecular weight is 675 g/mol. The summed E-state index contributed by atoms with van der Waals surface area (Å²) in [4.78, 5) is 20.4. The minimum atomic E-state index is -0.903. The first-order chi connectivity index (χ1) is 21.5. The third kappa shape index (κ3) is 67.1. The second-order valence-corrected chi connectivity index (χ2v) is 12.6. The Morgan fingerprint density at radius 2 is 0.500 bits per heavy atom. The van der Waals surface area contributed by atoms with Gasteiger partial charge in [0.05, 0.1) is 13.2 Å². The first kappa shape index (κ1) is 56.2. The van der Waals surface area contributed by atoms with E-state index in [1.54, 1.807) is 0 Å². The van der Waals surface area contributed by atoms with Crippen molar-refractivity contribution in [3.8, 4) is 0 Å². The van der Waals surface area contributed by atoms with Crippen LogP contribution in [0.2, 0.25) is 0 Å². The molecule has 8 heteroatoms. The van der Waals surface area contributed by atoms with Gasteiger partial charge in [0.25, 0.3) is 0 Å². The van der Waals surface area contributed by atoms with Crippen molar-refractivity contribution in [2.24, 2.45) is 0 Å². The first-order valence-electron chi connectivity index (χ1n) is 19.1. The minimum absolute atomic E-state index is 0. The van der Waals surface area contributed by atoms with E-state index in [1.807, 2.05) is 0 Å². The number of carbonyl (C=O) groups excluding carboxylic acids is 2. The standard InChI is InChI=1S/2C18H36O2.C2H6O2.2Na/c2*1-2-3-4-5-6-7-8-9-10-11-12-13-14-15-16-17-18(19)20;3-1-2-4;;/h2*2-17H2,1H3,(H,19,20);3-4H,1-2H2;;/q;;;2*+1/p-2. The van der Waals surface area contributed by atoms with Crippen LogP contribution in [0, 0.1) is 0 Å². The maximum atomic E-state index is 10.2. The van der Waals surface area contributed by atoms with E-state index in [0.29, 0.717) is 0 Å². The Bertz CT molecular complexity index is 491. The fraction of sp³-hybridized carbons (Fsp3) is 0.947. The fourth-order valence-electron chi connectivity index (χ4n) is 5.28. The number of carboxylic acids is 2. The summed E-state index contributed by atoms with van der Waals surface area (Å²) in [7, 11) is 0. The van der Waals surface area contributed by atoms with Gasteiger partial charge in [0.2, 0.25) is 0 Å². The monoisotopic (exact) mass is 675 g/mol. The van der Waals surface area contributed by atoms with Gasteiger partial charge in [-0.25, -0.2) is 0 Å². The Hall–Kier alpha value is 0.860. The van der Waals surface area contributed by atoms with Crippen LogP contribution in [0.25, 0.3) is 0 Å². The number of carbonyl (C=O) groups is 2. The van der Waals surface area contributed by atoms with Crippen molar-refractivity contribution in [1.29, 1.82) is 0 Å². The third-order valence-electron chi connectivity index (χ3n) is 8.07. The molecule has 0 aromatic heterocycles. The van der Waals surface area contributed by atoms with Gasteiger partial charge in [-0.05, 0) is 25.7 Å². The molecule has 0 unspecified atom stereocenters. The molecule has 2 N–H and O–H groups in total. The molecule has 0 rings (SSSR count). The van der Waals surface area contributed by atoms with E-state index < -0.39 is 11.9 Å². The number of rotatable bonds is 33. The van der Waals surface area contributed by atoms with Crippen LogP contribution < -0.4 is 69.3 Å². The zero-order valence-corrected chi connectivity index (χ0v) is 35.6. The van der Waals surface area contributed by atoms with E-state index in [9.17, 15) is 19.8 Å². The summed E-state index contributed by atoms with van der Waals surface area (Å²) in [5.74, 6) is -1.81. The number of aliphatic hydroxyl groups is 2. The van der Waals surface area contributed by atoms with Gasteiger partial charge in [0.1, 0.15) is 0 Å². The number of aliphatic carboxylic acids is 2. The molecule has 6 nitrogen and oxygen atoms in total. The van der Waals surface area contributed by atoms with Crippen molar-refractivity contribution in [3.63, 3.8) is 0 Å². The maximum absolute atomic E-state index is 10.2. The van der Waals surface area contributed by atoms with Crippen LogP contribution in [0.1, 0.15) is 219 Å². The molecule has 0 aliphatic rings. The molecule has 0 bridgehead atoms. The van der Waals surface area contributed by atoms with E-state index in [4.69, 9.17) is 10.2 Å². The molecule has 0 aromatic rings. The molecule has 0 saturated heterocycles. The van der Waals surface area contributed by atoms with Crippen LogP contribution in [0.4, 0.5) is 0 Å². The molecule has 0 fully saturated rings. The quantitative estimate of drug-likeness (QED) is 0.0816. The molecule has 0 spiro atoms. The van der Waals surface area contributed by atoms with Gasteiger partial charge < -0.3 is 30.0 Å². The van der Waals surface area contributed by atoms with Gasteiger partial charge in [0.15, 0.2) is 0 Å². The fourth-order valence-corrected chi connectivity index (χ4v) is 5.28.